The topological polar surface area (TPSA) is 223 Å². The average Bonchev–Trinajstić information content (AvgIpc) is 3.18. The number of carboxylic acid groups (broad SMARTS) is 1. The number of amides is 5. The van der Waals surface area contributed by atoms with Crippen molar-refractivity contribution in [2.75, 3.05) is 5.32 Å². The molecule has 2 heterocycles. The van der Waals surface area contributed by atoms with Gasteiger partial charge in [0, 0.05) is 41.4 Å². The number of hydrogen-bond acceptors (Lipinski definition) is 8. The summed E-state index contributed by atoms with van der Waals surface area (Å²) >= 11 is 12.6. The molecular weight excluding hydrogens is 765 g/mol. The molecule has 4 aromatic carbocycles. The highest BCUT2D eigenvalue weighted by Gasteiger charge is 2.36. The number of nitrogens with one attached hydrogen (secondary N) is 5. The van der Waals surface area contributed by atoms with Gasteiger partial charge >= 0.3 is 5.97 Å². The first-order valence-corrected chi connectivity index (χ1v) is 18.2. The first-order chi connectivity index (χ1) is 26.8. The minimum Gasteiger partial charge on any atom is -0.480 e. The van der Waals surface area contributed by atoms with Gasteiger partial charge in [-0.2, -0.15) is 0 Å². The van der Waals surface area contributed by atoms with Crippen molar-refractivity contribution in [3.05, 3.63) is 135 Å². The molecule has 14 nitrogen and oxygen atoms in total. The largest absolute Gasteiger partial charge is 0.480 e. The van der Waals surface area contributed by atoms with E-state index in [9.17, 15) is 44.1 Å². The van der Waals surface area contributed by atoms with Crippen molar-refractivity contribution in [3.63, 3.8) is 0 Å². The lowest BCUT2D eigenvalue weighted by Crippen LogP contribution is -2.60. The Hall–Kier alpha value is -5.80. The van der Waals surface area contributed by atoms with Crippen molar-refractivity contribution in [1.29, 1.82) is 0 Å². The SMILES string of the molecule is O=C1N[C@H](Cc2ccccc2)C(=O)N[C@@H](C(=O)O)Cc2ccc(cc2)NC(=O)[C@H](O)[C@@H](O)C(=O)N[C@H](Cc2ccccc2)C(=O)N[C@H]1Cc1ccc(Cl)cc1Cl. The fraction of sp³-hybridized carbons (Fsp3) is 0.250. The van der Waals surface area contributed by atoms with Crippen LogP contribution in [-0.4, -0.2) is 87.2 Å². The number of aliphatic hydroxyl groups is 2. The van der Waals surface area contributed by atoms with Crippen molar-refractivity contribution in [1.82, 2.24) is 21.3 Å². The summed E-state index contributed by atoms with van der Waals surface area (Å²) < 4.78 is 0. The molecule has 56 heavy (non-hydrogen) atoms. The van der Waals surface area contributed by atoms with E-state index in [0.29, 0.717) is 27.3 Å². The minimum atomic E-state index is -2.33. The fourth-order valence-electron chi connectivity index (χ4n) is 5.97. The molecule has 4 aromatic rings. The van der Waals surface area contributed by atoms with E-state index < -0.39 is 71.9 Å². The van der Waals surface area contributed by atoms with Gasteiger partial charge in [-0.15, -0.1) is 0 Å². The van der Waals surface area contributed by atoms with Crippen LogP contribution in [-0.2, 0) is 54.5 Å². The number of fused-ring (bicyclic) bond motifs is 18. The molecule has 5 amide bonds. The Kier molecular flexibility index (Phi) is 14.2. The first kappa shape index (κ1) is 41.4. The summed E-state index contributed by atoms with van der Waals surface area (Å²) in [5.74, 6) is -6.35. The molecule has 0 saturated heterocycles. The predicted molar refractivity (Wildman–Crippen MR) is 207 cm³/mol. The number of carboxylic acids is 1. The molecule has 0 spiro atoms. The number of aliphatic carboxylic acids is 1. The second kappa shape index (κ2) is 19.2. The van der Waals surface area contributed by atoms with E-state index in [1.165, 1.54) is 36.4 Å². The Balaban J connectivity index is 1.56. The second-order valence-corrected chi connectivity index (χ2v) is 14.0. The van der Waals surface area contributed by atoms with Crippen molar-refractivity contribution in [3.8, 4) is 0 Å². The molecule has 16 heteroatoms. The molecule has 0 unspecified atom stereocenters. The van der Waals surface area contributed by atoms with Crippen LogP contribution in [0.5, 0.6) is 0 Å². The lowest BCUT2D eigenvalue weighted by molar-refractivity contribution is -0.145. The van der Waals surface area contributed by atoms with E-state index in [0.717, 1.165) is 0 Å². The van der Waals surface area contributed by atoms with Gasteiger partial charge in [-0.3, -0.25) is 24.0 Å². The number of carbonyl (C=O) groups is 6. The highest BCUT2D eigenvalue weighted by atomic mass is 35.5. The molecule has 292 valence electrons. The molecular formula is C40H39Cl2N5O9. The van der Waals surface area contributed by atoms with Crippen LogP contribution in [0.25, 0.3) is 0 Å². The Morgan fingerprint density at radius 1 is 0.589 bits per heavy atom. The van der Waals surface area contributed by atoms with Crippen LogP contribution in [0.2, 0.25) is 10.0 Å². The molecule has 0 aliphatic carbocycles. The normalized spacial score (nSPS) is 22.8. The molecule has 6 atom stereocenters. The maximum Gasteiger partial charge on any atom is 0.326 e. The van der Waals surface area contributed by atoms with Crippen LogP contribution >= 0.6 is 23.2 Å². The second-order valence-electron chi connectivity index (χ2n) is 13.2. The fourth-order valence-corrected chi connectivity index (χ4v) is 6.46. The monoisotopic (exact) mass is 803 g/mol. The van der Waals surface area contributed by atoms with Gasteiger partial charge in [-0.05, 0) is 46.5 Å². The summed E-state index contributed by atoms with van der Waals surface area (Å²) in [6.07, 6.45) is -5.23. The molecule has 2 aliphatic rings. The van der Waals surface area contributed by atoms with Gasteiger partial charge in [-0.25, -0.2) is 4.79 Å². The van der Waals surface area contributed by atoms with Gasteiger partial charge in [0.2, 0.25) is 17.7 Å². The summed E-state index contributed by atoms with van der Waals surface area (Å²) in [6, 6.07) is 21.8. The Labute approximate surface area is 331 Å². The van der Waals surface area contributed by atoms with Crippen LogP contribution in [0.15, 0.2) is 103 Å². The molecule has 0 aromatic heterocycles. The Morgan fingerprint density at radius 2 is 1.07 bits per heavy atom. The van der Waals surface area contributed by atoms with Crippen LogP contribution in [0.1, 0.15) is 22.3 Å². The van der Waals surface area contributed by atoms with E-state index in [-0.39, 0.29) is 36.4 Å². The van der Waals surface area contributed by atoms with E-state index >= 15 is 0 Å². The van der Waals surface area contributed by atoms with Crippen LogP contribution in [0.4, 0.5) is 5.69 Å². The summed E-state index contributed by atoms with van der Waals surface area (Å²) in [6.45, 7) is 0. The first-order valence-electron chi connectivity index (χ1n) is 17.5. The Morgan fingerprint density at radius 3 is 1.59 bits per heavy atom. The van der Waals surface area contributed by atoms with Gasteiger partial charge in [0.1, 0.15) is 24.2 Å². The lowest BCUT2D eigenvalue weighted by Gasteiger charge is -2.27. The maximum absolute atomic E-state index is 14.3. The number of hydrogen-bond donors (Lipinski definition) is 8. The molecule has 8 N–H and O–H groups in total. The van der Waals surface area contributed by atoms with Crippen LogP contribution in [0.3, 0.4) is 0 Å². The standard InChI is InChI=1S/C40H39Cl2N5O9/c41-26-14-13-25(28(42)21-26)20-31-37(52)44-29(17-22-7-3-1-4-8-22)36(51)47-32(40(55)56)19-24-11-15-27(16-12-24)43-38(53)33(48)34(49)39(54)46-30(35(50)45-31)18-23-9-5-2-6-10-23/h1-16,21,29-34,48-49H,17-20H2,(H,43,53)(H,44,52)(H,45,50)(H,46,54)(H,47,51)(H,55,56)/t29-,30-,31+,32-,33-,34-/m1/s1. The summed E-state index contributed by atoms with van der Waals surface area (Å²) in [5.41, 5.74) is 2.18. The minimum absolute atomic E-state index is 0.0611. The van der Waals surface area contributed by atoms with Gasteiger partial charge in [-0.1, -0.05) is 102 Å². The predicted octanol–water partition coefficient (Wildman–Crippen LogP) is 1.96. The zero-order chi connectivity index (χ0) is 40.4. The van der Waals surface area contributed by atoms with Gasteiger partial charge in [0.15, 0.2) is 12.2 Å². The summed E-state index contributed by atoms with van der Waals surface area (Å²) in [5, 5.41) is 44.6. The molecule has 0 fully saturated rings. The van der Waals surface area contributed by atoms with E-state index in [4.69, 9.17) is 23.2 Å². The molecule has 0 radical (unpaired) electrons. The van der Waals surface area contributed by atoms with E-state index in [1.54, 1.807) is 66.7 Å². The lowest BCUT2D eigenvalue weighted by atomic mass is 10.00. The number of halogens is 2. The summed E-state index contributed by atoms with van der Waals surface area (Å²) in [7, 11) is 0. The quantitative estimate of drug-likeness (QED) is 0.128. The molecule has 0 saturated carbocycles. The van der Waals surface area contributed by atoms with Crippen molar-refractivity contribution in [2.45, 2.75) is 62.1 Å². The molecule has 6 rings (SSSR count). The highest BCUT2D eigenvalue weighted by molar-refractivity contribution is 6.35. The van der Waals surface area contributed by atoms with Gasteiger partial charge in [0.25, 0.3) is 11.8 Å². The zero-order valence-electron chi connectivity index (χ0n) is 29.7. The van der Waals surface area contributed by atoms with E-state index in [2.05, 4.69) is 26.6 Å². The number of carbonyl (C=O) groups excluding carboxylic acids is 5. The zero-order valence-corrected chi connectivity index (χ0v) is 31.2. The number of rotatable bonds is 7. The smallest absolute Gasteiger partial charge is 0.326 e. The maximum atomic E-state index is 14.3. The third-order valence-electron chi connectivity index (χ3n) is 9.02. The van der Waals surface area contributed by atoms with Crippen LogP contribution < -0.4 is 26.6 Å². The van der Waals surface area contributed by atoms with Gasteiger partial charge < -0.3 is 41.9 Å². The van der Waals surface area contributed by atoms with Crippen LogP contribution in [0, 0.1) is 0 Å². The highest BCUT2D eigenvalue weighted by Crippen LogP contribution is 2.23. The number of benzene rings is 4. The van der Waals surface area contributed by atoms with E-state index in [1.807, 2.05) is 0 Å². The molecule has 2 aliphatic heterocycles. The summed E-state index contributed by atoms with van der Waals surface area (Å²) in [4.78, 5) is 80.9. The van der Waals surface area contributed by atoms with Crippen molar-refractivity contribution in [2.24, 2.45) is 0 Å². The van der Waals surface area contributed by atoms with Gasteiger partial charge in [0.05, 0.1) is 0 Å². The number of anilines is 1. The third kappa shape index (κ3) is 11.4. The Bertz CT molecular complexity index is 2050. The van der Waals surface area contributed by atoms with Crippen molar-refractivity contribution >= 4 is 64.4 Å². The molecule has 2 bridgehead atoms. The average molecular weight is 805 g/mol. The third-order valence-corrected chi connectivity index (χ3v) is 9.60. The van der Waals surface area contributed by atoms with Crippen molar-refractivity contribution < 1.29 is 44.1 Å². The number of aliphatic hydroxyl groups excluding tert-OH is 2.